The van der Waals surface area contributed by atoms with Gasteiger partial charge in [-0.2, -0.15) is 0 Å². The minimum absolute atomic E-state index is 0.0805. The van der Waals surface area contributed by atoms with Gasteiger partial charge in [-0.25, -0.2) is 0 Å². The molecule has 0 heterocycles. The lowest BCUT2D eigenvalue weighted by atomic mass is 10.3. The van der Waals surface area contributed by atoms with Gasteiger partial charge in [0.05, 0.1) is 0 Å². The van der Waals surface area contributed by atoms with E-state index in [0.717, 1.165) is 30.3 Å². The molecule has 0 aliphatic rings. The van der Waals surface area contributed by atoms with Gasteiger partial charge < -0.3 is 14.8 Å². The molecule has 110 valence electrons. The molecule has 0 fully saturated rings. The van der Waals surface area contributed by atoms with E-state index >= 15 is 0 Å². The van der Waals surface area contributed by atoms with E-state index in [1.807, 2.05) is 67.6 Å². The molecule has 2 aromatic carbocycles. The molecule has 0 aliphatic heterocycles. The predicted molar refractivity (Wildman–Crippen MR) is 86.1 cm³/mol. The average molecular weight is 283 g/mol. The summed E-state index contributed by atoms with van der Waals surface area (Å²) in [5.74, 6) is 2.39. The van der Waals surface area contributed by atoms with Gasteiger partial charge in [-0.3, -0.25) is 0 Å². The third-order valence-electron chi connectivity index (χ3n) is 2.84. The number of hydrogen-bond donors (Lipinski definition) is 1. The van der Waals surface area contributed by atoms with E-state index in [0.29, 0.717) is 0 Å². The minimum atomic E-state index is 0.0805. The van der Waals surface area contributed by atoms with Gasteiger partial charge in [0.25, 0.3) is 0 Å². The first-order valence-electron chi connectivity index (χ1n) is 7.09. The molecule has 0 amide bonds. The Hall–Kier alpha value is -2.26. The Morgan fingerprint density at radius 2 is 1.76 bits per heavy atom. The Morgan fingerprint density at radius 3 is 2.52 bits per heavy atom. The van der Waals surface area contributed by atoms with E-state index in [9.17, 15) is 0 Å². The lowest BCUT2D eigenvalue weighted by Crippen LogP contribution is -2.28. The maximum absolute atomic E-state index is 5.86. The molecule has 0 saturated carbocycles. The number of nitrogens with one attached hydrogen (secondary N) is 1. The van der Waals surface area contributed by atoms with Crippen molar-refractivity contribution in [2.75, 3.05) is 13.1 Å². The summed E-state index contributed by atoms with van der Waals surface area (Å²) in [6.07, 6.45) is 1.91. The lowest BCUT2D eigenvalue weighted by molar-refractivity contribution is 0.218. The van der Waals surface area contributed by atoms with E-state index in [1.54, 1.807) is 0 Å². The third-order valence-corrected chi connectivity index (χ3v) is 2.84. The smallest absolute Gasteiger partial charge is 0.131 e. The lowest BCUT2D eigenvalue weighted by Gasteiger charge is -2.15. The van der Waals surface area contributed by atoms with Gasteiger partial charge in [-0.15, -0.1) is 6.58 Å². The molecule has 0 saturated heterocycles. The average Bonchev–Trinajstić information content (AvgIpc) is 2.49. The molecular weight excluding hydrogens is 262 g/mol. The van der Waals surface area contributed by atoms with Crippen LogP contribution in [0.25, 0.3) is 0 Å². The van der Waals surface area contributed by atoms with Crippen molar-refractivity contribution in [3.05, 3.63) is 67.3 Å². The van der Waals surface area contributed by atoms with Crippen LogP contribution in [0.4, 0.5) is 0 Å². The maximum Gasteiger partial charge on any atom is 0.131 e. The highest BCUT2D eigenvalue weighted by Crippen LogP contribution is 2.25. The zero-order valence-corrected chi connectivity index (χ0v) is 12.3. The van der Waals surface area contributed by atoms with E-state index in [1.165, 1.54) is 0 Å². The summed E-state index contributed by atoms with van der Waals surface area (Å²) < 4.78 is 11.7. The molecule has 0 radical (unpaired) electrons. The summed E-state index contributed by atoms with van der Waals surface area (Å²) in [6, 6.07) is 17.4. The molecule has 0 spiro atoms. The molecule has 0 bridgehead atoms. The van der Waals surface area contributed by atoms with Crippen LogP contribution in [0.15, 0.2) is 67.3 Å². The topological polar surface area (TPSA) is 30.5 Å². The minimum Gasteiger partial charge on any atom is -0.489 e. The molecule has 0 aliphatic carbocycles. The number of hydrogen-bond acceptors (Lipinski definition) is 3. The first kappa shape index (κ1) is 15.1. The second kappa shape index (κ2) is 8.12. The van der Waals surface area contributed by atoms with E-state index < -0.39 is 0 Å². The highest BCUT2D eigenvalue weighted by atomic mass is 16.5. The Labute approximate surface area is 126 Å². The summed E-state index contributed by atoms with van der Waals surface area (Å²) in [4.78, 5) is 0. The van der Waals surface area contributed by atoms with Gasteiger partial charge in [0.15, 0.2) is 0 Å². The van der Waals surface area contributed by atoms with Crippen LogP contribution in [0.1, 0.15) is 6.92 Å². The summed E-state index contributed by atoms with van der Waals surface area (Å²) in [7, 11) is 0. The summed E-state index contributed by atoms with van der Waals surface area (Å²) in [5, 5.41) is 3.24. The molecule has 1 N–H and O–H groups in total. The van der Waals surface area contributed by atoms with Crippen LogP contribution in [-0.4, -0.2) is 19.2 Å². The quantitative estimate of drug-likeness (QED) is 0.586. The Bertz CT molecular complexity index is 554. The zero-order chi connectivity index (χ0) is 14.9. The van der Waals surface area contributed by atoms with Crippen LogP contribution in [0, 0.1) is 0 Å². The maximum atomic E-state index is 5.86. The number of benzene rings is 2. The van der Waals surface area contributed by atoms with E-state index in [4.69, 9.17) is 9.47 Å². The second-order valence-corrected chi connectivity index (χ2v) is 4.77. The first-order chi connectivity index (χ1) is 10.3. The van der Waals surface area contributed by atoms with Crippen molar-refractivity contribution in [2.45, 2.75) is 13.0 Å². The SMILES string of the molecule is C=CCNCC(C)Oc1cccc(Oc2ccccc2)c1. The van der Waals surface area contributed by atoms with Crippen molar-refractivity contribution in [3.8, 4) is 17.2 Å². The number of para-hydroxylation sites is 1. The first-order valence-corrected chi connectivity index (χ1v) is 7.09. The van der Waals surface area contributed by atoms with Crippen molar-refractivity contribution in [2.24, 2.45) is 0 Å². The summed E-state index contributed by atoms with van der Waals surface area (Å²) >= 11 is 0. The summed E-state index contributed by atoms with van der Waals surface area (Å²) in [6.45, 7) is 7.26. The molecule has 2 rings (SSSR count). The molecule has 1 unspecified atom stereocenters. The van der Waals surface area contributed by atoms with Crippen molar-refractivity contribution in [1.82, 2.24) is 5.32 Å². The van der Waals surface area contributed by atoms with Gasteiger partial charge in [0.2, 0.25) is 0 Å². The Morgan fingerprint density at radius 1 is 1.05 bits per heavy atom. The van der Waals surface area contributed by atoms with E-state index in [2.05, 4.69) is 11.9 Å². The van der Waals surface area contributed by atoms with Crippen molar-refractivity contribution >= 4 is 0 Å². The zero-order valence-electron chi connectivity index (χ0n) is 12.3. The Balaban J connectivity index is 1.93. The molecule has 3 heteroatoms. The second-order valence-electron chi connectivity index (χ2n) is 4.77. The molecule has 0 aromatic heterocycles. The fourth-order valence-electron chi connectivity index (χ4n) is 1.90. The van der Waals surface area contributed by atoms with Gasteiger partial charge in [-0.1, -0.05) is 30.3 Å². The van der Waals surface area contributed by atoms with Gasteiger partial charge in [-0.05, 0) is 31.2 Å². The van der Waals surface area contributed by atoms with Crippen LogP contribution in [0.3, 0.4) is 0 Å². The monoisotopic (exact) mass is 283 g/mol. The number of ether oxygens (including phenoxy) is 2. The van der Waals surface area contributed by atoms with Crippen LogP contribution in [0.5, 0.6) is 17.2 Å². The molecule has 2 aromatic rings. The normalized spacial score (nSPS) is 11.7. The highest BCUT2D eigenvalue weighted by molar-refractivity contribution is 5.36. The van der Waals surface area contributed by atoms with Gasteiger partial charge in [0.1, 0.15) is 23.4 Å². The van der Waals surface area contributed by atoms with Crippen LogP contribution in [0.2, 0.25) is 0 Å². The van der Waals surface area contributed by atoms with Gasteiger partial charge >= 0.3 is 0 Å². The van der Waals surface area contributed by atoms with Gasteiger partial charge in [0, 0.05) is 19.2 Å². The van der Waals surface area contributed by atoms with Crippen LogP contribution in [-0.2, 0) is 0 Å². The van der Waals surface area contributed by atoms with Crippen molar-refractivity contribution in [3.63, 3.8) is 0 Å². The number of rotatable bonds is 8. The standard InChI is InChI=1S/C18H21NO2/c1-3-12-19-14-15(2)20-17-10-7-11-18(13-17)21-16-8-5-4-6-9-16/h3-11,13,15,19H,1,12,14H2,2H3. The van der Waals surface area contributed by atoms with Crippen LogP contribution >= 0.6 is 0 Å². The fraction of sp³-hybridized carbons (Fsp3) is 0.222. The third kappa shape index (κ3) is 5.32. The highest BCUT2D eigenvalue weighted by Gasteiger charge is 2.05. The Kier molecular flexibility index (Phi) is 5.85. The van der Waals surface area contributed by atoms with Crippen LogP contribution < -0.4 is 14.8 Å². The largest absolute Gasteiger partial charge is 0.489 e. The molecular formula is C18H21NO2. The van der Waals surface area contributed by atoms with Crippen molar-refractivity contribution < 1.29 is 9.47 Å². The van der Waals surface area contributed by atoms with E-state index in [-0.39, 0.29) is 6.10 Å². The molecule has 1 atom stereocenters. The molecule has 3 nitrogen and oxygen atoms in total. The fourth-order valence-corrected chi connectivity index (χ4v) is 1.90. The summed E-state index contributed by atoms with van der Waals surface area (Å²) in [5.41, 5.74) is 0. The molecule has 21 heavy (non-hydrogen) atoms. The predicted octanol–water partition coefficient (Wildman–Crippen LogP) is 4.02. The van der Waals surface area contributed by atoms with Crippen molar-refractivity contribution in [1.29, 1.82) is 0 Å².